The van der Waals surface area contributed by atoms with Gasteiger partial charge in [0.25, 0.3) is 0 Å². The molecule has 0 aliphatic carbocycles. The first-order valence-electron chi connectivity index (χ1n) is 9.36. The number of aryl methyl sites for hydroxylation is 1. The number of alkyl halides is 1. The van der Waals surface area contributed by atoms with E-state index in [1.54, 1.807) is 19.5 Å². The van der Waals surface area contributed by atoms with Gasteiger partial charge in [0.1, 0.15) is 12.4 Å². The summed E-state index contributed by atoms with van der Waals surface area (Å²) in [5.74, 6) is 0.326. The molecule has 29 heavy (non-hydrogen) atoms. The summed E-state index contributed by atoms with van der Waals surface area (Å²) in [5.41, 5.74) is 3.55. The highest BCUT2D eigenvalue weighted by atomic mass is 19.1. The fraction of sp³-hybridized carbons (Fsp3) is 0.217. The minimum atomic E-state index is -0.624. The Hall–Kier alpha value is -3.41. The zero-order valence-electron chi connectivity index (χ0n) is 16.5. The van der Waals surface area contributed by atoms with Crippen LogP contribution in [0.1, 0.15) is 16.8 Å². The number of rotatable bonds is 8. The van der Waals surface area contributed by atoms with Crippen molar-refractivity contribution < 1.29 is 13.9 Å². The molecule has 0 aliphatic rings. The Morgan fingerprint density at radius 3 is 2.72 bits per heavy atom. The van der Waals surface area contributed by atoms with Crippen molar-refractivity contribution in [1.29, 1.82) is 0 Å². The van der Waals surface area contributed by atoms with Crippen LogP contribution in [-0.4, -0.2) is 35.3 Å². The first-order valence-corrected chi connectivity index (χ1v) is 9.36. The van der Waals surface area contributed by atoms with Crippen LogP contribution < -0.4 is 10.1 Å². The molecule has 0 radical (unpaired) electrons. The second-order valence-corrected chi connectivity index (χ2v) is 6.74. The van der Waals surface area contributed by atoms with Crippen LogP contribution in [0.3, 0.4) is 0 Å². The zero-order valence-corrected chi connectivity index (χ0v) is 16.5. The molecule has 5 nitrogen and oxygen atoms in total. The number of hydrogen-bond donors (Lipinski definition) is 1. The Kier molecular flexibility index (Phi) is 6.79. The summed E-state index contributed by atoms with van der Waals surface area (Å²) in [5, 5.41) is 2.71. The molecule has 1 amide bonds. The Morgan fingerprint density at radius 2 is 2.07 bits per heavy atom. The summed E-state index contributed by atoms with van der Waals surface area (Å²) in [6.45, 7) is 1.29. The van der Waals surface area contributed by atoms with E-state index in [-0.39, 0.29) is 5.91 Å². The normalized spacial score (nSPS) is 12.1. The van der Waals surface area contributed by atoms with Gasteiger partial charge in [0, 0.05) is 12.3 Å². The van der Waals surface area contributed by atoms with Crippen LogP contribution in [0, 0.1) is 6.92 Å². The highest BCUT2D eigenvalue weighted by molar-refractivity contribution is 5.92. The van der Waals surface area contributed by atoms with Gasteiger partial charge in [-0.15, -0.1) is 0 Å². The van der Waals surface area contributed by atoms with Crippen LogP contribution in [-0.2, 0) is 11.2 Å². The second-order valence-electron chi connectivity index (χ2n) is 6.74. The fourth-order valence-corrected chi connectivity index (χ4v) is 3.03. The lowest BCUT2D eigenvalue weighted by molar-refractivity contribution is -0.117. The minimum absolute atomic E-state index is 0.336. The lowest BCUT2D eigenvalue weighted by Gasteiger charge is -2.14. The predicted octanol–water partition coefficient (Wildman–Crippen LogP) is 3.90. The Labute approximate surface area is 169 Å². The summed E-state index contributed by atoms with van der Waals surface area (Å²) in [4.78, 5) is 16.4. The van der Waals surface area contributed by atoms with E-state index in [0.717, 1.165) is 22.5 Å². The first-order chi connectivity index (χ1) is 14.1. The van der Waals surface area contributed by atoms with Crippen molar-refractivity contribution in [2.24, 2.45) is 0 Å². The van der Waals surface area contributed by atoms with E-state index in [9.17, 15) is 9.18 Å². The lowest BCUT2D eigenvalue weighted by Crippen LogP contribution is -2.37. The van der Waals surface area contributed by atoms with Crippen LogP contribution >= 0.6 is 0 Å². The van der Waals surface area contributed by atoms with Crippen molar-refractivity contribution in [2.75, 3.05) is 13.8 Å². The fourth-order valence-electron chi connectivity index (χ4n) is 3.03. The van der Waals surface area contributed by atoms with Gasteiger partial charge in [0.05, 0.1) is 30.9 Å². The average molecular weight is 393 g/mol. The molecule has 3 rings (SSSR count). The third-order valence-corrected chi connectivity index (χ3v) is 4.48. The largest absolute Gasteiger partial charge is 0.495 e. The molecular weight excluding hydrogens is 369 g/mol. The maximum atomic E-state index is 13.3. The Morgan fingerprint density at radius 1 is 1.28 bits per heavy atom. The number of ether oxygens (including phenoxy) is 1. The van der Waals surface area contributed by atoms with Gasteiger partial charge in [-0.1, -0.05) is 36.4 Å². The number of nitrogens with one attached hydrogen (secondary N) is 1. The Balaban J connectivity index is 1.66. The van der Waals surface area contributed by atoms with E-state index in [2.05, 4.69) is 10.3 Å². The zero-order chi connectivity index (χ0) is 20.6. The van der Waals surface area contributed by atoms with Crippen molar-refractivity contribution in [3.63, 3.8) is 0 Å². The smallest absolute Gasteiger partial charge is 0.244 e. The van der Waals surface area contributed by atoms with Crippen LogP contribution in [0.15, 0.2) is 67.1 Å². The molecule has 1 N–H and O–H groups in total. The van der Waals surface area contributed by atoms with Gasteiger partial charge in [0.2, 0.25) is 5.91 Å². The maximum absolute atomic E-state index is 13.3. The van der Waals surface area contributed by atoms with Crippen LogP contribution in [0.5, 0.6) is 5.75 Å². The van der Waals surface area contributed by atoms with E-state index in [1.807, 2.05) is 66.2 Å². The van der Waals surface area contributed by atoms with Crippen molar-refractivity contribution in [3.05, 3.63) is 84.0 Å². The number of halogens is 1. The summed E-state index contributed by atoms with van der Waals surface area (Å²) >= 11 is 0. The van der Waals surface area contributed by atoms with E-state index >= 15 is 0 Å². The number of methoxy groups -OCH3 is 1. The number of amides is 1. The topological polar surface area (TPSA) is 56.1 Å². The number of carbonyl (C=O) groups excluding carboxylic acids is 1. The molecular formula is C23H24FN3O2. The van der Waals surface area contributed by atoms with E-state index in [0.29, 0.717) is 12.2 Å². The molecule has 1 aromatic heterocycles. The summed E-state index contributed by atoms with van der Waals surface area (Å²) in [6, 6.07) is 14.6. The van der Waals surface area contributed by atoms with Crippen LogP contribution in [0.4, 0.5) is 4.39 Å². The third-order valence-electron chi connectivity index (χ3n) is 4.48. The van der Waals surface area contributed by atoms with Crippen LogP contribution in [0.25, 0.3) is 11.8 Å². The summed E-state index contributed by atoms with van der Waals surface area (Å²) in [7, 11) is 1.60. The van der Waals surface area contributed by atoms with Gasteiger partial charge in [-0.2, -0.15) is 0 Å². The predicted molar refractivity (Wildman–Crippen MR) is 112 cm³/mol. The van der Waals surface area contributed by atoms with Crippen molar-refractivity contribution in [3.8, 4) is 11.4 Å². The second kappa shape index (κ2) is 9.68. The molecule has 0 aliphatic heterocycles. The highest BCUT2D eigenvalue weighted by Gasteiger charge is 2.11. The van der Waals surface area contributed by atoms with Crippen LogP contribution in [0.2, 0.25) is 0 Å². The van der Waals surface area contributed by atoms with Gasteiger partial charge < -0.3 is 14.6 Å². The van der Waals surface area contributed by atoms with Crippen molar-refractivity contribution in [2.45, 2.75) is 19.4 Å². The molecule has 6 heteroatoms. The lowest BCUT2D eigenvalue weighted by atomic mass is 10.1. The van der Waals surface area contributed by atoms with Gasteiger partial charge >= 0.3 is 0 Å². The summed E-state index contributed by atoms with van der Waals surface area (Å²) < 4.78 is 20.7. The molecule has 1 heterocycles. The molecule has 1 atom stereocenters. The highest BCUT2D eigenvalue weighted by Crippen LogP contribution is 2.25. The van der Waals surface area contributed by atoms with Crippen molar-refractivity contribution >= 4 is 12.0 Å². The molecule has 0 saturated carbocycles. The maximum Gasteiger partial charge on any atom is 0.244 e. The van der Waals surface area contributed by atoms with E-state index < -0.39 is 12.7 Å². The van der Waals surface area contributed by atoms with Gasteiger partial charge in [-0.3, -0.25) is 4.79 Å². The number of nitrogens with zero attached hydrogens (tertiary/aromatic N) is 2. The SMILES string of the molecule is COc1cc(/C=C/C(=O)N[C@@H](CF)Cc2ccccc2)ccc1-n1cnc(C)c1. The number of hydrogen-bond acceptors (Lipinski definition) is 3. The average Bonchev–Trinajstić information content (AvgIpc) is 3.18. The Bertz CT molecular complexity index is 983. The third kappa shape index (κ3) is 5.54. The van der Waals surface area contributed by atoms with Crippen molar-refractivity contribution in [1.82, 2.24) is 14.9 Å². The number of imidazole rings is 1. The molecule has 0 bridgehead atoms. The minimum Gasteiger partial charge on any atom is -0.495 e. The van der Waals surface area contributed by atoms with Gasteiger partial charge in [-0.05, 0) is 42.7 Å². The first kappa shape index (κ1) is 20.3. The molecule has 150 valence electrons. The van der Waals surface area contributed by atoms with Gasteiger partial charge in [0.15, 0.2) is 0 Å². The molecule has 2 aromatic carbocycles. The monoisotopic (exact) mass is 393 g/mol. The molecule has 0 fully saturated rings. The molecule has 0 saturated heterocycles. The molecule has 0 spiro atoms. The molecule has 3 aromatic rings. The van der Waals surface area contributed by atoms with E-state index in [4.69, 9.17) is 4.74 Å². The standard InChI is InChI=1S/C23H24FN3O2/c1-17-15-27(16-25-17)21-10-8-19(13-22(21)29-2)9-11-23(28)26-20(14-24)12-18-6-4-3-5-7-18/h3-11,13,15-16,20H,12,14H2,1-2H3,(H,26,28)/b11-9+/t20-/m1/s1. The number of benzene rings is 2. The summed E-state index contributed by atoms with van der Waals surface area (Å²) in [6.07, 6.45) is 7.16. The number of carbonyl (C=O) groups is 1. The quantitative estimate of drug-likeness (QED) is 0.591. The van der Waals surface area contributed by atoms with Gasteiger partial charge in [-0.25, -0.2) is 9.37 Å². The molecule has 0 unspecified atom stereocenters. The van der Waals surface area contributed by atoms with E-state index in [1.165, 1.54) is 6.08 Å². The number of aromatic nitrogens is 2.